The molecule has 0 fully saturated rings. The molecule has 0 saturated heterocycles. The molecule has 0 spiro atoms. The van der Waals surface area contributed by atoms with Crippen LogP contribution in [0.15, 0.2) is 54.9 Å². The number of aromatic nitrogens is 2. The minimum Gasteiger partial charge on any atom is -0.481 e. The third-order valence-corrected chi connectivity index (χ3v) is 3.88. The Morgan fingerprint density at radius 1 is 1.19 bits per heavy atom. The van der Waals surface area contributed by atoms with Crippen LogP contribution in [0.2, 0.25) is 5.02 Å². The fourth-order valence-corrected chi connectivity index (χ4v) is 2.54. The molecule has 0 saturated carbocycles. The molecule has 3 aromatic rings. The van der Waals surface area contributed by atoms with Crippen LogP contribution in [-0.4, -0.2) is 27.5 Å². The van der Waals surface area contributed by atoms with Crippen LogP contribution < -0.4 is 15.6 Å². The number of imidazole rings is 1. The normalized spacial score (nSPS) is 11.8. The molecular weight excluding hydrogens is 356 g/mol. The molecule has 1 unspecified atom stereocenters. The van der Waals surface area contributed by atoms with Gasteiger partial charge in [0.25, 0.3) is 11.8 Å². The number of ether oxygens (including phenoxy) is 1. The van der Waals surface area contributed by atoms with Crippen molar-refractivity contribution in [3.05, 3.63) is 59.9 Å². The van der Waals surface area contributed by atoms with Gasteiger partial charge in [0.2, 0.25) is 0 Å². The lowest BCUT2D eigenvalue weighted by atomic mass is 10.3. The molecule has 1 atom stereocenters. The van der Waals surface area contributed by atoms with Crippen LogP contribution >= 0.6 is 11.6 Å². The number of carbonyl (C=O) groups is 2. The van der Waals surface area contributed by atoms with Gasteiger partial charge in [0.05, 0.1) is 17.4 Å². The Kier molecular flexibility index (Phi) is 5.38. The summed E-state index contributed by atoms with van der Waals surface area (Å²) in [6.07, 6.45) is 0.777. The topological polar surface area (TPSA) is 85.3 Å². The van der Waals surface area contributed by atoms with Gasteiger partial charge in [-0.1, -0.05) is 29.8 Å². The smallest absolute Gasteiger partial charge is 0.279 e. The summed E-state index contributed by atoms with van der Waals surface area (Å²) in [7, 11) is 0. The van der Waals surface area contributed by atoms with E-state index in [-0.39, 0.29) is 12.5 Å². The van der Waals surface area contributed by atoms with Gasteiger partial charge in [-0.3, -0.25) is 20.4 Å². The zero-order valence-corrected chi connectivity index (χ0v) is 14.7. The second kappa shape index (κ2) is 7.88. The van der Waals surface area contributed by atoms with E-state index in [0.717, 1.165) is 11.0 Å². The summed E-state index contributed by atoms with van der Waals surface area (Å²) in [5, 5.41) is 0.510. The van der Waals surface area contributed by atoms with Crippen LogP contribution in [-0.2, 0) is 16.1 Å². The molecule has 134 valence electrons. The average molecular weight is 373 g/mol. The fourth-order valence-electron chi connectivity index (χ4n) is 2.36. The first-order valence-corrected chi connectivity index (χ1v) is 8.31. The van der Waals surface area contributed by atoms with Crippen molar-refractivity contribution in [2.45, 2.75) is 19.6 Å². The van der Waals surface area contributed by atoms with Crippen LogP contribution in [0.3, 0.4) is 0 Å². The first-order valence-electron chi connectivity index (χ1n) is 7.94. The maximum Gasteiger partial charge on any atom is 0.279 e. The van der Waals surface area contributed by atoms with E-state index in [1.807, 2.05) is 24.3 Å². The highest BCUT2D eigenvalue weighted by Gasteiger charge is 2.16. The Morgan fingerprint density at radius 2 is 2.00 bits per heavy atom. The lowest BCUT2D eigenvalue weighted by Gasteiger charge is -2.15. The SMILES string of the molecule is CC(Oc1cccc(Cl)c1)C(=O)NNC(=O)Cn1cnc2ccccc21. The molecule has 0 aliphatic carbocycles. The monoisotopic (exact) mass is 372 g/mol. The molecule has 26 heavy (non-hydrogen) atoms. The molecule has 2 aromatic carbocycles. The zero-order chi connectivity index (χ0) is 18.5. The third-order valence-electron chi connectivity index (χ3n) is 3.64. The fraction of sp³-hybridized carbons (Fsp3) is 0.167. The number of hydrogen-bond acceptors (Lipinski definition) is 4. The summed E-state index contributed by atoms with van der Waals surface area (Å²) in [5.74, 6) is -0.387. The minimum atomic E-state index is -0.803. The molecule has 3 rings (SSSR count). The number of hydrogen-bond donors (Lipinski definition) is 2. The van der Waals surface area contributed by atoms with Crippen LogP contribution in [0.4, 0.5) is 0 Å². The first kappa shape index (κ1) is 17.8. The number of nitrogens with one attached hydrogen (secondary N) is 2. The van der Waals surface area contributed by atoms with Crippen LogP contribution in [0.5, 0.6) is 5.75 Å². The molecule has 8 heteroatoms. The average Bonchev–Trinajstić information content (AvgIpc) is 3.02. The van der Waals surface area contributed by atoms with E-state index < -0.39 is 12.0 Å². The van der Waals surface area contributed by atoms with Gasteiger partial charge in [-0.15, -0.1) is 0 Å². The highest BCUT2D eigenvalue weighted by Crippen LogP contribution is 2.18. The molecule has 2 amide bonds. The van der Waals surface area contributed by atoms with Gasteiger partial charge in [0.1, 0.15) is 12.3 Å². The highest BCUT2D eigenvalue weighted by atomic mass is 35.5. The molecule has 0 bridgehead atoms. The number of para-hydroxylation sites is 2. The minimum absolute atomic E-state index is 0.0321. The summed E-state index contributed by atoms with van der Waals surface area (Å²) in [6.45, 7) is 1.61. The molecule has 7 nitrogen and oxygen atoms in total. The van der Waals surface area contributed by atoms with Crippen molar-refractivity contribution in [3.8, 4) is 5.75 Å². The quantitative estimate of drug-likeness (QED) is 0.673. The van der Waals surface area contributed by atoms with E-state index in [4.69, 9.17) is 16.3 Å². The van der Waals surface area contributed by atoms with Gasteiger partial charge < -0.3 is 9.30 Å². The van der Waals surface area contributed by atoms with Gasteiger partial charge in [-0.25, -0.2) is 4.98 Å². The van der Waals surface area contributed by atoms with E-state index in [1.165, 1.54) is 0 Å². The van der Waals surface area contributed by atoms with Crippen LogP contribution in [0.25, 0.3) is 11.0 Å². The number of fused-ring (bicyclic) bond motifs is 1. The Hall–Kier alpha value is -3.06. The molecule has 0 aliphatic heterocycles. The van der Waals surface area contributed by atoms with Gasteiger partial charge in [0, 0.05) is 5.02 Å². The van der Waals surface area contributed by atoms with E-state index >= 15 is 0 Å². The molecule has 2 N–H and O–H groups in total. The first-order chi connectivity index (χ1) is 12.5. The maximum absolute atomic E-state index is 12.1. The number of halogens is 1. The van der Waals surface area contributed by atoms with Crippen molar-refractivity contribution in [3.63, 3.8) is 0 Å². The second-order valence-corrected chi connectivity index (χ2v) is 6.05. The van der Waals surface area contributed by atoms with Gasteiger partial charge in [-0.2, -0.15) is 0 Å². The van der Waals surface area contributed by atoms with Crippen LogP contribution in [0.1, 0.15) is 6.92 Å². The van der Waals surface area contributed by atoms with Crippen LogP contribution in [0, 0.1) is 0 Å². The number of rotatable bonds is 5. The second-order valence-electron chi connectivity index (χ2n) is 5.62. The summed E-state index contributed by atoms with van der Waals surface area (Å²) in [4.78, 5) is 28.3. The maximum atomic E-state index is 12.1. The lowest BCUT2D eigenvalue weighted by Crippen LogP contribution is -2.48. The number of amides is 2. The van der Waals surface area contributed by atoms with E-state index in [1.54, 1.807) is 42.1 Å². The third kappa shape index (κ3) is 4.31. The molecule has 1 heterocycles. The lowest BCUT2D eigenvalue weighted by molar-refractivity contribution is -0.132. The van der Waals surface area contributed by atoms with E-state index in [9.17, 15) is 9.59 Å². The largest absolute Gasteiger partial charge is 0.481 e. The molecule has 0 radical (unpaired) electrons. The Morgan fingerprint density at radius 3 is 2.81 bits per heavy atom. The van der Waals surface area contributed by atoms with Crippen molar-refractivity contribution >= 4 is 34.4 Å². The Balaban J connectivity index is 1.51. The zero-order valence-electron chi connectivity index (χ0n) is 14.0. The van der Waals surface area contributed by atoms with Crippen molar-refractivity contribution in [2.24, 2.45) is 0 Å². The highest BCUT2D eigenvalue weighted by molar-refractivity contribution is 6.30. The summed E-state index contributed by atoms with van der Waals surface area (Å²) >= 11 is 5.87. The number of carbonyl (C=O) groups excluding carboxylic acids is 2. The van der Waals surface area contributed by atoms with Crippen molar-refractivity contribution in [1.29, 1.82) is 0 Å². The predicted octanol–water partition coefficient (Wildman–Crippen LogP) is 2.30. The molecular formula is C18H17ClN4O3. The molecule has 0 aliphatic rings. The van der Waals surface area contributed by atoms with E-state index in [0.29, 0.717) is 10.8 Å². The van der Waals surface area contributed by atoms with Crippen molar-refractivity contribution in [1.82, 2.24) is 20.4 Å². The number of hydrazine groups is 1. The van der Waals surface area contributed by atoms with E-state index in [2.05, 4.69) is 15.8 Å². The molecule has 1 aromatic heterocycles. The summed E-state index contributed by atoms with van der Waals surface area (Å²) in [6, 6.07) is 14.2. The standard InChI is InChI=1S/C18H17ClN4O3/c1-12(26-14-6-4-5-13(19)9-14)18(25)22-21-17(24)10-23-11-20-15-7-2-3-8-16(15)23/h2-9,11-12H,10H2,1H3,(H,21,24)(H,22,25). The van der Waals surface area contributed by atoms with Gasteiger partial charge in [0.15, 0.2) is 6.10 Å². The van der Waals surface area contributed by atoms with Gasteiger partial charge in [-0.05, 0) is 37.3 Å². The Bertz CT molecular complexity index is 941. The Labute approximate surface area is 154 Å². The van der Waals surface area contributed by atoms with Gasteiger partial charge >= 0.3 is 0 Å². The summed E-state index contributed by atoms with van der Waals surface area (Å²) in [5.41, 5.74) is 6.36. The van der Waals surface area contributed by atoms with Crippen molar-refractivity contribution < 1.29 is 14.3 Å². The van der Waals surface area contributed by atoms with Crippen molar-refractivity contribution in [2.75, 3.05) is 0 Å². The summed E-state index contributed by atoms with van der Waals surface area (Å²) < 4.78 is 7.19. The number of benzene rings is 2. The predicted molar refractivity (Wildman–Crippen MR) is 97.6 cm³/mol. The number of nitrogens with zero attached hydrogens (tertiary/aromatic N) is 2.